The van der Waals surface area contributed by atoms with E-state index in [1.165, 1.54) is 122 Å². The molecule has 0 amide bonds. The van der Waals surface area contributed by atoms with Crippen molar-refractivity contribution in [3.8, 4) is 0 Å². The van der Waals surface area contributed by atoms with Crippen LogP contribution < -0.4 is 4.89 Å². The molecule has 340 valence electrons. The van der Waals surface area contributed by atoms with E-state index in [4.69, 9.17) is 18.5 Å². The number of ether oxygens (including phenoxy) is 2. The van der Waals surface area contributed by atoms with Crippen molar-refractivity contribution in [2.45, 2.75) is 206 Å². The Morgan fingerprint density at radius 1 is 0.534 bits per heavy atom. The summed E-state index contributed by atoms with van der Waals surface area (Å²) in [6, 6.07) is 0. The maximum Gasteiger partial charge on any atom is 0.306 e. The number of carbonyl (C=O) groups excluding carboxylic acids is 1. The van der Waals surface area contributed by atoms with Crippen LogP contribution in [0.1, 0.15) is 200 Å². The highest BCUT2D eigenvalue weighted by atomic mass is 31.2. The Morgan fingerprint density at radius 3 is 1.45 bits per heavy atom. The number of quaternary nitrogens is 1. The summed E-state index contributed by atoms with van der Waals surface area (Å²) in [7, 11) is 1.34. The van der Waals surface area contributed by atoms with Crippen LogP contribution in [-0.4, -0.2) is 70.7 Å². The SMILES string of the molecule is CCCC/C=C\C/C=C\CCCCCCCCOCC(COP(=O)([O-])OCC[N+](C)(C)C)OC(=O)CCCCCCCCCCC/C=C\C/C=C\CCCCCCC. The first kappa shape index (κ1) is 56.5. The molecular weight excluding hydrogens is 746 g/mol. The van der Waals surface area contributed by atoms with Gasteiger partial charge in [-0.1, -0.05) is 172 Å². The molecule has 9 heteroatoms. The molecule has 8 nitrogen and oxygen atoms in total. The Labute approximate surface area is 358 Å². The molecule has 2 atom stereocenters. The highest BCUT2D eigenvalue weighted by Gasteiger charge is 2.20. The van der Waals surface area contributed by atoms with E-state index in [0.717, 1.165) is 57.8 Å². The minimum atomic E-state index is -4.53. The van der Waals surface area contributed by atoms with Gasteiger partial charge in [0.1, 0.15) is 19.3 Å². The summed E-state index contributed by atoms with van der Waals surface area (Å²) >= 11 is 0. The van der Waals surface area contributed by atoms with Gasteiger partial charge in [0.15, 0.2) is 0 Å². The number of unbranched alkanes of at least 4 members (excludes halogenated alkanes) is 22. The number of esters is 1. The third-order valence-electron chi connectivity index (χ3n) is 10.1. The zero-order valence-electron chi connectivity index (χ0n) is 38.5. The first-order valence-electron chi connectivity index (χ1n) is 23.9. The third kappa shape index (κ3) is 45.5. The number of phosphoric acid groups is 1. The number of hydrogen-bond acceptors (Lipinski definition) is 7. The Balaban J connectivity index is 4.19. The van der Waals surface area contributed by atoms with E-state index in [0.29, 0.717) is 24.1 Å². The van der Waals surface area contributed by atoms with Crippen molar-refractivity contribution in [3.63, 3.8) is 0 Å². The Hall–Kier alpha value is -1.54. The summed E-state index contributed by atoms with van der Waals surface area (Å²) in [6.07, 6.45) is 51.2. The lowest BCUT2D eigenvalue weighted by molar-refractivity contribution is -0.870. The fraction of sp³-hybridized carbons (Fsp3) is 0.816. The van der Waals surface area contributed by atoms with Crippen LogP contribution in [0.2, 0.25) is 0 Å². The number of phosphoric ester groups is 1. The molecule has 0 aromatic rings. The fourth-order valence-electron chi connectivity index (χ4n) is 6.36. The van der Waals surface area contributed by atoms with E-state index in [1.54, 1.807) is 0 Å². The number of carbonyl (C=O) groups is 1. The predicted octanol–water partition coefficient (Wildman–Crippen LogP) is 13.7. The van der Waals surface area contributed by atoms with E-state index >= 15 is 0 Å². The van der Waals surface area contributed by atoms with Crippen LogP contribution in [0, 0.1) is 0 Å². The van der Waals surface area contributed by atoms with Gasteiger partial charge in [-0.2, -0.15) is 0 Å². The molecule has 0 fully saturated rings. The summed E-state index contributed by atoms with van der Waals surface area (Å²) in [5, 5.41) is 0. The number of likely N-dealkylation sites (N-methyl/N-ethyl adjacent to an activating group) is 1. The molecule has 0 bridgehead atoms. The van der Waals surface area contributed by atoms with Crippen LogP contribution >= 0.6 is 7.82 Å². The minimum absolute atomic E-state index is 0.0218. The molecule has 0 saturated heterocycles. The molecule has 58 heavy (non-hydrogen) atoms. The van der Waals surface area contributed by atoms with Crippen LogP contribution in [-0.2, 0) is 27.9 Å². The zero-order valence-corrected chi connectivity index (χ0v) is 39.4. The highest BCUT2D eigenvalue weighted by Crippen LogP contribution is 2.38. The second-order valence-corrected chi connectivity index (χ2v) is 18.5. The van der Waals surface area contributed by atoms with Crippen molar-refractivity contribution >= 4 is 13.8 Å². The van der Waals surface area contributed by atoms with Gasteiger partial charge in [-0.15, -0.1) is 0 Å². The predicted molar refractivity (Wildman–Crippen MR) is 245 cm³/mol. The maximum atomic E-state index is 12.7. The largest absolute Gasteiger partial charge is 0.756 e. The monoisotopic (exact) mass is 838 g/mol. The molecule has 0 aromatic heterocycles. The van der Waals surface area contributed by atoms with Gasteiger partial charge in [-0.05, 0) is 70.6 Å². The summed E-state index contributed by atoms with van der Waals surface area (Å²) in [4.78, 5) is 25.1. The van der Waals surface area contributed by atoms with Gasteiger partial charge in [0, 0.05) is 13.0 Å². The van der Waals surface area contributed by atoms with Gasteiger partial charge in [-0.3, -0.25) is 9.36 Å². The normalized spacial score (nSPS) is 14.1. The molecule has 0 radical (unpaired) electrons. The van der Waals surface area contributed by atoms with E-state index in [1.807, 2.05) is 21.1 Å². The van der Waals surface area contributed by atoms with E-state index in [-0.39, 0.29) is 25.8 Å². The van der Waals surface area contributed by atoms with Crippen molar-refractivity contribution in [3.05, 3.63) is 48.6 Å². The zero-order chi connectivity index (χ0) is 42.7. The lowest BCUT2D eigenvalue weighted by Crippen LogP contribution is -2.37. The second kappa shape index (κ2) is 42.2. The lowest BCUT2D eigenvalue weighted by Gasteiger charge is -2.28. The summed E-state index contributed by atoms with van der Waals surface area (Å²) in [6.45, 7) is 5.34. The van der Waals surface area contributed by atoms with Crippen LogP contribution in [0.15, 0.2) is 48.6 Å². The minimum Gasteiger partial charge on any atom is -0.756 e. The summed E-state index contributed by atoms with van der Waals surface area (Å²) in [5.74, 6) is -0.343. The average Bonchev–Trinajstić information content (AvgIpc) is 3.18. The van der Waals surface area contributed by atoms with Crippen LogP contribution in [0.4, 0.5) is 0 Å². The molecule has 0 aliphatic carbocycles. The van der Waals surface area contributed by atoms with Gasteiger partial charge in [0.05, 0.1) is 34.4 Å². The maximum absolute atomic E-state index is 12.7. The Kier molecular flexibility index (Phi) is 41.0. The Morgan fingerprint density at radius 2 is 0.966 bits per heavy atom. The van der Waals surface area contributed by atoms with E-state index in [9.17, 15) is 14.3 Å². The number of allylic oxidation sites excluding steroid dienone is 8. The van der Waals surface area contributed by atoms with Crippen molar-refractivity contribution in [1.82, 2.24) is 0 Å². The first-order valence-corrected chi connectivity index (χ1v) is 25.3. The summed E-state index contributed by atoms with van der Waals surface area (Å²) in [5.41, 5.74) is 0. The van der Waals surface area contributed by atoms with Gasteiger partial charge < -0.3 is 27.9 Å². The number of hydrogen-bond donors (Lipinski definition) is 0. The molecule has 2 unspecified atom stereocenters. The van der Waals surface area contributed by atoms with Crippen LogP contribution in [0.3, 0.4) is 0 Å². The van der Waals surface area contributed by atoms with Crippen LogP contribution in [0.5, 0.6) is 0 Å². The average molecular weight is 838 g/mol. The van der Waals surface area contributed by atoms with Crippen molar-refractivity contribution in [2.24, 2.45) is 0 Å². The molecule has 0 rings (SSSR count). The van der Waals surface area contributed by atoms with Gasteiger partial charge in [0.25, 0.3) is 7.82 Å². The van der Waals surface area contributed by atoms with Crippen molar-refractivity contribution in [1.29, 1.82) is 0 Å². The molecule has 0 aromatic carbocycles. The highest BCUT2D eigenvalue weighted by molar-refractivity contribution is 7.45. The first-order chi connectivity index (χ1) is 28.1. The summed E-state index contributed by atoms with van der Waals surface area (Å²) < 4.78 is 34.6. The van der Waals surface area contributed by atoms with Crippen molar-refractivity contribution in [2.75, 3.05) is 54.1 Å². The second-order valence-electron chi connectivity index (χ2n) is 17.1. The Bertz CT molecular complexity index is 1070. The molecule has 0 heterocycles. The molecule has 0 saturated carbocycles. The molecule has 0 spiro atoms. The van der Waals surface area contributed by atoms with Crippen molar-refractivity contribution < 1.29 is 37.3 Å². The number of nitrogens with zero attached hydrogens (tertiary/aromatic N) is 1. The number of rotatable bonds is 44. The van der Waals surface area contributed by atoms with Crippen LogP contribution in [0.25, 0.3) is 0 Å². The molecule has 0 N–H and O–H groups in total. The fourth-order valence-corrected chi connectivity index (χ4v) is 7.09. The van der Waals surface area contributed by atoms with E-state index in [2.05, 4.69) is 62.5 Å². The standard InChI is InChI=1S/C49H92NO7P/c1-6-8-10-12-14-16-18-20-22-23-24-25-26-27-28-30-32-34-36-38-40-42-49(51)57-48(47-56-58(52,53)55-45-43-50(3,4)5)46-54-44-41-39-37-35-33-31-29-21-19-17-15-13-11-9-7-2/h13,15,18-21,23-24,48H,6-12,14,16-17,22,25-47H2,1-5H3/b15-13-,20-18-,21-19-,24-23-. The van der Waals surface area contributed by atoms with E-state index < -0.39 is 13.9 Å². The third-order valence-corrected chi connectivity index (χ3v) is 11.1. The molecular formula is C49H92NO7P. The quantitative estimate of drug-likeness (QED) is 0.0198. The van der Waals surface area contributed by atoms with Gasteiger partial charge in [0.2, 0.25) is 0 Å². The molecule has 0 aliphatic rings. The van der Waals surface area contributed by atoms with Gasteiger partial charge >= 0.3 is 5.97 Å². The smallest absolute Gasteiger partial charge is 0.306 e. The van der Waals surface area contributed by atoms with Gasteiger partial charge in [-0.25, -0.2) is 0 Å². The topological polar surface area (TPSA) is 94.1 Å². The molecule has 0 aliphatic heterocycles. The lowest BCUT2D eigenvalue weighted by atomic mass is 10.1.